The van der Waals surface area contributed by atoms with Gasteiger partial charge in [0.25, 0.3) is 0 Å². The van der Waals surface area contributed by atoms with Crippen LogP contribution in [0, 0.1) is 0 Å². The maximum absolute atomic E-state index is 12.7. The number of unbranched alkanes of at least 4 members (excludes halogenated alkanes) is 18. The number of quaternary nitrogens is 1. The second-order valence-electron chi connectivity index (χ2n) is 16.3. The van der Waals surface area contributed by atoms with Crippen molar-refractivity contribution in [3.63, 3.8) is 0 Å². The number of rotatable bonds is 40. The first-order valence-electron chi connectivity index (χ1n) is 22.7. The lowest BCUT2D eigenvalue weighted by molar-refractivity contribution is -0.889. The Hall–Kier alpha value is -2.71. The third kappa shape index (κ3) is 36.9. The highest BCUT2D eigenvalue weighted by Crippen LogP contribution is 2.13. The van der Waals surface area contributed by atoms with E-state index in [2.05, 4.69) is 62.5 Å². The normalized spacial score (nSPS) is 13.4. The number of carbonyl (C=O) groups is 3. The topological polar surface area (TPSA) is 102 Å². The molecule has 8 nitrogen and oxygen atoms in total. The van der Waals surface area contributed by atoms with E-state index in [1.807, 2.05) is 0 Å². The van der Waals surface area contributed by atoms with E-state index in [-0.39, 0.29) is 42.7 Å². The summed E-state index contributed by atoms with van der Waals surface area (Å²) < 4.78 is 17.2. The lowest BCUT2D eigenvalue weighted by atomic mass is 10.1. The highest BCUT2D eigenvalue weighted by Gasteiger charge is 2.25. The molecule has 0 spiro atoms. The van der Waals surface area contributed by atoms with E-state index in [9.17, 15) is 19.5 Å². The Balaban J connectivity index is 4.36. The highest BCUT2D eigenvalue weighted by atomic mass is 16.6. The summed E-state index contributed by atoms with van der Waals surface area (Å²) in [5.41, 5.74) is 0. The van der Waals surface area contributed by atoms with E-state index in [1.54, 1.807) is 21.1 Å². The molecule has 0 aromatic carbocycles. The van der Waals surface area contributed by atoms with Gasteiger partial charge in [0, 0.05) is 19.3 Å². The quantitative estimate of drug-likeness (QED) is 0.0264. The molecule has 0 radical (unpaired) electrons. The van der Waals surface area contributed by atoms with Crippen molar-refractivity contribution in [3.05, 3.63) is 48.6 Å². The molecule has 0 saturated carbocycles. The van der Waals surface area contributed by atoms with Crippen LogP contribution in [0.3, 0.4) is 0 Å². The average Bonchev–Trinajstić information content (AvgIpc) is 3.15. The maximum atomic E-state index is 12.7. The van der Waals surface area contributed by atoms with Crippen LogP contribution in [0.4, 0.5) is 0 Å². The molecule has 2 atom stereocenters. The van der Waals surface area contributed by atoms with Crippen LogP contribution in [0.5, 0.6) is 0 Å². The largest absolute Gasteiger partial charge is 0.544 e. The van der Waals surface area contributed by atoms with Crippen LogP contribution in [0.1, 0.15) is 187 Å². The first kappa shape index (κ1) is 53.3. The maximum Gasteiger partial charge on any atom is 0.306 e. The molecule has 56 heavy (non-hydrogen) atoms. The number of hydrogen-bond donors (Lipinski definition) is 0. The monoisotopic (exact) mass is 788 g/mol. The summed E-state index contributed by atoms with van der Waals surface area (Å²) in [6, 6.07) is -0.730. The molecule has 0 amide bonds. The van der Waals surface area contributed by atoms with Gasteiger partial charge in [0.15, 0.2) is 6.10 Å². The molecule has 0 aromatic rings. The molecule has 0 aromatic heterocycles. The fourth-order valence-corrected chi connectivity index (χ4v) is 6.35. The number of ether oxygens (including phenoxy) is 3. The van der Waals surface area contributed by atoms with Crippen molar-refractivity contribution in [2.45, 2.75) is 199 Å². The third-order valence-corrected chi connectivity index (χ3v) is 9.94. The number of likely N-dealkylation sites (N-methyl/N-ethyl adjacent to an activating group) is 1. The van der Waals surface area contributed by atoms with Crippen LogP contribution < -0.4 is 5.11 Å². The fraction of sp³-hybridized carbons (Fsp3) is 0.771. The molecule has 0 heterocycles. The van der Waals surface area contributed by atoms with Crippen molar-refractivity contribution < 1.29 is 38.2 Å². The average molecular weight is 788 g/mol. The van der Waals surface area contributed by atoms with Gasteiger partial charge in [-0.15, -0.1) is 0 Å². The van der Waals surface area contributed by atoms with E-state index in [1.165, 1.54) is 77.0 Å². The van der Waals surface area contributed by atoms with Crippen LogP contribution in [0.25, 0.3) is 0 Å². The molecular weight excluding hydrogens is 703 g/mol. The minimum Gasteiger partial charge on any atom is -0.544 e. The van der Waals surface area contributed by atoms with Gasteiger partial charge in [0.2, 0.25) is 0 Å². The van der Waals surface area contributed by atoms with Crippen LogP contribution in [-0.4, -0.2) is 75.5 Å². The van der Waals surface area contributed by atoms with Crippen LogP contribution in [-0.2, 0) is 28.6 Å². The standard InChI is InChI=1S/C48H85NO7/c1-6-8-10-12-14-16-18-20-22-23-24-25-27-29-31-33-35-37-39-47(51)56-44(42-54-41-40-45(48(52)53)49(3,4)5)43-55-46(50)38-36-34-32-30-28-26-21-19-17-15-13-11-9-7-2/h13,15-16,18-19,21-23,44-45H,6-12,14,17,20,24-43H2,1-5H3/b15-13-,18-16-,21-19-,23-22-. The number of allylic oxidation sites excluding steroid dienone is 8. The highest BCUT2D eigenvalue weighted by molar-refractivity contribution is 5.70. The van der Waals surface area contributed by atoms with Gasteiger partial charge in [-0.2, -0.15) is 0 Å². The lowest BCUT2D eigenvalue weighted by Crippen LogP contribution is -2.55. The van der Waals surface area contributed by atoms with Gasteiger partial charge in [-0.05, 0) is 70.6 Å². The van der Waals surface area contributed by atoms with Gasteiger partial charge >= 0.3 is 11.9 Å². The second kappa shape index (κ2) is 39.1. The first-order chi connectivity index (χ1) is 27.1. The van der Waals surface area contributed by atoms with Crippen molar-refractivity contribution in [1.29, 1.82) is 0 Å². The van der Waals surface area contributed by atoms with Crippen molar-refractivity contribution >= 4 is 17.9 Å². The van der Waals surface area contributed by atoms with Crippen molar-refractivity contribution in [2.75, 3.05) is 41.0 Å². The van der Waals surface area contributed by atoms with E-state index in [4.69, 9.17) is 14.2 Å². The van der Waals surface area contributed by atoms with Crippen LogP contribution in [0.2, 0.25) is 0 Å². The van der Waals surface area contributed by atoms with Gasteiger partial charge in [0.1, 0.15) is 12.6 Å². The van der Waals surface area contributed by atoms with Gasteiger partial charge in [-0.25, -0.2) is 0 Å². The molecule has 0 rings (SSSR count). The summed E-state index contributed by atoms with van der Waals surface area (Å²) in [5, 5.41) is 11.6. The van der Waals surface area contributed by atoms with Gasteiger partial charge in [-0.1, -0.05) is 146 Å². The van der Waals surface area contributed by atoms with Gasteiger partial charge in [-0.3, -0.25) is 9.59 Å². The Bertz CT molecular complexity index is 1060. The minimum absolute atomic E-state index is 0.0323. The summed E-state index contributed by atoms with van der Waals surface area (Å²) in [6.07, 6.45) is 45.5. The molecule has 8 heteroatoms. The Kier molecular flexibility index (Phi) is 37.2. The minimum atomic E-state index is -1.13. The molecular formula is C48H85NO7. The van der Waals surface area contributed by atoms with Crippen LogP contribution in [0.15, 0.2) is 48.6 Å². The number of carbonyl (C=O) groups excluding carboxylic acids is 3. The smallest absolute Gasteiger partial charge is 0.306 e. The Labute approximate surface area is 344 Å². The SMILES string of the molecule is CCCC/C=C\C/C=C\CCCCCCCC(=O)OCC(COCCC(C(=O)[O-])[N+](C)(C)C)OC(=O)CCCCCCCCC/C=C\C/C=C\CCCCCC. The predicted molar refractivity (Wildman–Crippen MR) is 231 cm³/mol. The summed E-state index contributed by atoms with van der Waals surface area (Å²) >= 11 is 0. The molecule has 0 N–H and O–H groups in total. The van der Waals surface area contributed by atoms with E-state index in [0.29, 0.717) is 12.8 Å². The van der Waals surface area contributed by atoms with Crippen molar-refractivity contribution in [2.24, 2.45) is 0 Å². The van der Waals surface area contributed by atoms with E-state index >= 15 is 0 Å². The Morgan fingerprint density at radius 1 is 0.536 bits per heavy atom. The summed E-state index contributed by atoms with van der Waals surface area (Å²) in [4.78, 5) is 36.9. The number of hydrogen-bond acceptors (Lipinski definition) is 7. The zero-order chi connectivity index (χ0) is 41.4. The molecule has 0 aliphatic rings. The molecule has 0 bridgehead atoms. The zero-order valence-electron chi connectivity index (χ0n) is 36.8. The molecule has 2 unspecified atom stereocenters. The van der Waals surface area contributed by atoms with Crippen LogP contribution >= 0.6 is 0 Å². The Morgan fingerprint density at radius 2 is 0.964 bits per heavy atom. The Morgan fingerprint density at radius 3 is 1.43 bits per heavy atom. The fourth-order valence-electron chi connectivity index (χ4n) is 6.35. The molecule has 324 valence electrons. The summed E-state index contributed by atoms with van der Waals surface area (Å²) in [7, 11) is 5.40. The molecule has 0 saturated heterocycles. The number of esters is 2. The summed E-state index contributed by atoms with van der Waals surface area (Å²) in [5.74, 6) is -1.76. The van der Waals surface area contributed by atoms with Crippen molar-refractivity contribution in [3.8, 4) is 0 Å². The van der Waals surface area contributed by atoms with E-state index < -0.39 is 18.1 Å². The van der Waals surface area contributed by atoms with Crippen molar-refractivity contribution in [1.82, 2.24) is 0 Å². The number of aliphatic carboxylic acids is 1. The third-order valence-electron chi connectivity index (χ3n) is 9.94. The second-order valence-corrected chi connectivity index (χ2v) is 16.3. The predicted octanol–water partition coefficient (Wildman–Crippen LogP) is 11.1. The first-order valence-corrected chi connectivity index (χ1v) is 22.7. The lowest BCUT2D eigenvalue weighted by Gasteiger charge is -2.34. The molecule has 0 aliphatic heterocycles. The van der Waals surface area contributed by atoms with Gasteiger partial charge in [0.05, 0.1) is 40.3 Å². The number of carboxylic acids is 1. The number of carboxylic acid groups (broad SMARTS) is 1. The summed E-state index contributed by atoms with van der Waals surface area (Å²) in [6.45, 7) is 4.58. The van der Waals surface area contributed by atoms with E-state index in [0.717, 1.165) is 77.0 Å². The zero-order valence-corrected chi connectivity index (χ0v) is 36.8. The van der Waals surface area contributed by atoms with Gasteiger partial charge < -0.3 is 28.6 Å². The molecule has 0 fully saturated rings. The number of nitrogens with zero attached hydrogens (tertiary/aromatic N) is 1. The molecule has 0 aliphatic carbocycles.